The summed E-state index contributed by atoms with van der Waals surface area (Å²) in [5.41, 5.74) is 0. The summed E-state index contributed by atoms with van der Waals surface area (Å²) in [6.45, 7) is 3.02. The third kappa shape index (κ3) is 16.6. The molecule has 0 aliphatic rings. The second kappa shape index (κ2) is 11.1. The number of nitrogens with zero attached hydrogens (tertiary/aromatic N) is 1. The lowest BCUT2D eigenvalue weighted by atomic mass is 10.3. The molecule has 0 fully saturated rings. The van der Waals surface area contributed by atoms with Crippen LogP contribution in [0.15, 0.2) is 12.7 Å². The van der Waals surface area contributed by atoms with Crippen LogP contribution in [0.2, 0.25) is 0 Å². The van der Waals surface area contributed by atoms with Crippen LogP contribution in [0, 0.1) is 11.5 Å². The van der Waals surface area contributed by atoms with Crippen molar-refractivity contribution >= 4 is 11.9 Å². The maximum Gasteiger partial charge on any atom is 0.345 e. The van der Waals surface area contributed by atoms with Crippen LogP contribution in [0.25, 0.3) is 0 Å². The molecule has 0 rings (SSSR count). The number of hydrogen-bond acceptors (Lipinski definition) is 5. The first-order valence-corrected chi connectivity index (χ1v) is 3.63. The fraction of sp³-hybridized carbons (Fsp3) is 0.375. The number of aliphatic hydroxyl groups excluding tert-OH is 1. The molecule has 6 nitrogen and oxygen atoms in total. The molecule has 14 heavy (non-hydrogen) atoms. The van der Waals surface area contributed by atoms with E-state index in [1.54, 1.807) is 0 Å². The van der Waals surface area contributed by atoms with Crippen molar-refractivity contribution < 1.29 is 24.5 Å². The summed E-state index contributed by atoms with van der Waals surface area (Å²) in [7, 11) is 0. The van der Waals surface area contributed by atoms with E-state index in [0.717, 1.165) is 6.08 Å². The highest BCUT2D eigenvalue weighted by atomic mass is 16.5. The Balaban J connectivity index is 0. The van der Waals surface area contributed by atoms with Gasteiger partial charge in [-0.05, 0) is 6.42 Å². The van der Waals surface area contributed by atoms with Crippen LogP contribution < -0.4 is 0 Å². The first-order chi connectivity index (χ1) is 6.58. The quantitative estimate of drug-likeness (QED) is 0.377. The summed E-state index contributed by atoms with van der Waals surface area (Å²) >= 11 is 0. The first-order valence-electron chi connectivity index (χ1n) is 3.63. The van der Waals surface area contributed by atoms with Gasteiger partial charge in [0, 0.05) is 19.1 Å². The number of carboxylic acid groups (broad SMARTS) is 1. The van der Waals surface area contributed by atoms with Crippen LogP contribution in [-0.4, -0.2) is 28.8 Å². The predicted octanol–water partition coefficient (Wildman–Crippen LogP) is 0.0402. The Bertz CT molecular complexity index is 230. The summed E-state index contributed by atoms with van der Waals surface area (Å²) in [5, 5.41) is 23.6. The van der Waals surface area contributed by atoms with E-state index in [9.17, 15) is 9.59 Å². The number of aliphatic carboxylic acids is 1. The molecule has 0 atom stereocenters. The van der Waals surface area contributed by atoms with E-state index in [1.807, 2.05) is 0 Å². The molecular weight excluding hydrogens is 190 g/mol. The fourth-order valence-corrected chi connectivity index (χ4v) is 0.317. The van der Waals surface area contributed by atoms with Crippen molar-refractivity contribution in [3.63, 3.8) is 0 Å². The average molecular weight is 201 g/mol. The normalized spacial score (nSPS) is 7.43. The maximum absolute atomic E-state index is 9.85. The van der Waals surface area contributed by atoms with Gasteiger partial charge in [-0.1, -0.05) is 6.58 Å². The van der Waals surface area contributed by atoms with Gasteiger partial charge in [0.1, 0.15) is 0 Å². The highest BCUT2D eigenvalue weighted by Crippen LogP contribution is 1.83. The highest BCUT2D eigenvalue weighted by Gasteiger charge is 1.91. The lowest BCUT2D eigenvalue weighted by Gasteiger charge is -1.85. The van der Waals surface area contributed by atoms with Gasteiger partial charge in [-0.25, -0.2) is 4.79 Å². The van der Waals surface area contributed by atoms with Crippen molar-refractivity contribution in [2.45, 2.75) is 12.8 Å². The standard InChI is InChI=1S/C4H3NO2.C4H8O3/c1-2-4(6)7-3-5;5-3-1-2-4(6)7/h2H,1H2;5H,1-3H2,(H,6,7). The summed E-state index contributed by atoms with van der Waals surface area (Å²) in [6.07, 6.45) is 2.54. The molecule has 0 saturated heterocycles. The van der Waals surface area contributed by atoms with Crippen molar-refractivity contribution in [3.05, 3.63) is 12.7 Å². The van der Waals surface area contributed by atoms with E-state index in [1.165, 1.54) is 6.26 Å². The molecular formula is C8H11NO5. The van der Waals surface area contributed by atoms with Gasteiger partial charge in [0.05, 0.1) is 0 Å². The lowest BCUT2D eigenvalue weighted by molar-refractivity contribution is -0.137. The van der Waals surface area contributed by atoms with Crippen LogP contribution in [0.4, 0.5) is 0 Å². The minimum atomic E-state index is -0.853. The zero-order valence-electron chi connectivity index (χ0n) is 7.47. The Hall–Kier alpha value is -1.87. The number of esters is 1. The molecule has 0 bridgehead atoms. The van der Waals surface area contributed by atoms with Crippen molar-refractivity contribution in [2.75, 3.05) is 6.61 Å². The SMILES string of the molecule is C=CC(=O)OC#N.O=C(O)CCCO. The Morgan fingerprint density at radius 1 is 1.57 bits per heavy atom. The molecule has 0 saturated carbocycles. The smallest absolute Gasteiger partial charge is 0.345 e. The maximum atomic E-state index is 9.85. The average Bonchev–Trinajstić information content (AvgIpc) is 2.16. The minimum Gasteiger partial charge on any atom is -0.481 e. The van der Waals surface area contributed by atoms with Gasteiger partial charge in [-0.15, -0.1) is 5.26 Å². The zero-order chi connectivity index (χ0) is 11.4. The predicted molar refractivity (Wildman–Crippen MR) is 45.9 cm³/mol. The number of rotatable bonds is 4. The van der Waals surface area contributed by atoms with Gasteiger partial charge in [-0.2, -0.15) is 0 Å². The van der Waals surface area contributed by atoms with Gasteiger partial charge in [-0.3, -0.25) is 4.79 Å². The van der Waals surface area contributed by atoms with Gasteiger partial charge in [0.25, 0.3) is 6.26 Å². The van der Waals surface area contributed by atoms with Gasteiger partial charge >= 0.3 is 11.9 Å². The number of aliphatic hydroxyl groups is 1. The summed E-state index contributed by atoms with van der Waals surface area (Å²) in [4.78, 5) is 19.5. The fourth-order valence-electron chi connectivity index (χ4n) is 0.317. The van der Waals surface area contributed by atoms with Crippen molar-refractivity contribution in [2.24, 2.45) is 0 Å². The van der Waals surface area contributed by atoms with E-state index in [-0.39, 0.29) is 13.0 Å². The second-order valence-electron chi connectivity index (χ2n) is 1.94. The van der Waals surface area contributed by atoms with Crippen molar-refractivity contribution in [3.8, 4) is 6.26 Å². The number of hydrogen-bond donors (Lipinski definition) is 2. The van der Waals surface area contributed by atoms with Gasteiger partial charge in [0.2, 0.25) is 0 Å². The Morgan fingerprint density at radius 3 is 2.29 bits per heavy atom. The van der Waals surface area contributed by atoms with Crippen LogP contribution in [0.5, 0.6) is 0 Å². The van der Waals surface area contributed by atoms with Crippen LogP contribution in [0.1, 0.15) is 12.8 Å². The number of carbonyl (C=O) groups is 2. The third-order valence-electron chi connectivity index (χ3n) is 0.862. The second-order valence-corrected chi connectivity index (χ2v) is 1.94. The molecule has 0 aromatic heterocycles. The Kier molecular flexibility index (Phi) is 11.6. The van der Waals surface area contributed by atoms with E-state index in [2.05, 4.69) is 11.3 Å². The van der Waals surface area contributed by atoms with Crippen molar-refractivity contribution in [1.82, 2.24) is 0 Å². The highest BCUT2D eigenvalue weighted by molar-refractivity contribution is 5.81. The van der Waals surface area contributed by atoms with Crippen molar-refractivity contribution in [1.29, 1.82) is 5.26 Å². The molecule has 0 aliphatic carbocycles. The van der Waals surface area contributed by atoms with E-state index < -0.39 is 11.9 Å². The molecule has 0 unspecified atom stereocenters. The van der Waals surface area contributed by atoms with Crippen LogP contribution in [0.3, 0.4) is 0 Å². The molecule has 0 aromatic carbocycles. The number of carbonyl (C=O) groups excluding carboxylic acids is 1. The topological polar surface area (TPSA) is 108 Å². The number of carboxylic acids is 1. The molecule has 78 valence electrons. The monoisotopic (exact) mass is 201 g/mol. The molecule has 0 aromatic rings. The lowest BCUT2D eigenvalue weighted by Crippen LogP contribution is -1.95. The van der Waals surface area contributed by atoms with Crippen LogP contribution >= 0.6 is 0 Å². The Labute approximate surface area is 81.0 Å². The molecule has 6 heteroatoms. The molecule has 0 radical (unpaired) electrons. The minimum absolute atomic E-state index is 0.0354. The molecule has 0 spiro atoms. The Morgan fingerprint density at radius 2 is 2.14 bits per heavy atom. The van der Waals surface area contributed by atoms with E-state index in [0.29, 0.717) is 6.42 Å². The van der Waals surface area contributed by atoms with Crippen LogP contribution in [-0.2, 0) is 14.3 Å². The van der Waals surface area contributed by atoms with Gasteiger partial charge in [0.15, 0.2) is 0 Å². The van der Waals surface area contributed by atoms with E-state index >= 15 is 0 Å². The molecule has 0 heterocycles. The zero-order valence-corrected chi connectivity index (χ0v) is 7.47. The number of ether oxygens (including phenoxy) is 1. The van der Waals surface area contributed by atoms with Gasteiger partial charge < -0.3 is 14.9 Å². The van der Waals surface area contributed by atoms with E-state index in [4.69, 9.17) is 15.5 Å². The third-order valence-corrected chi connectivity index (χ3v) is 0.862. The summed E-state index contributed by atoms with van der Waals surface area (Å²) < 4.78 is 3.74. The molecule has 2 N–H and O–H groups in total. The summed E-state index contributed by atoms with van der Waals surface area (Å²) in [6, 6.07) is 0. The summed E-state index contributed by atoms with van der Waals surface area (Å²) in [5.74, 6) is -1.57. The first kappa shape index (κ1) is 14.6. The number of nitriles is 1. The molecule has 0 amide bonds. The molecule has 0 aliphatic heterocycles. The largest absolute Gasteiger partial charge is 0.481 e.